The molecule has 1 heterocycles. The summed E-state index contributed by atoms with van der Waals surface area (Å²) in [5.41, 5.74) is 1.16. The van der Waals surface area contributed by atoms with Gasteiger partial charge in [-0.05, 0) is 24.1 Å². The lowest BCUT2D eigenvalue weighted by atomic mass is 10.1. The Kier molecular flexibility index (Phi) is 5.77. The number of thioether (sulfide) groups is 1. The van der Waals surface area contributed by atoms with Gasteiger partial charge in [-0.15, -0.1) is 11.8 Å². The van der Waals surface area contributed by atoms with Crippen LogP contribution in [0.15, 0.2) is 24.3 Å². The van der Waals surface area contributed by atoms with Gasteiger partial charge in [-0.3, -0.25) is 4.79 Å². The predicted molar refractivity (Wildman–Crippen MR) is 84.0 cm³/mol. The van der Waals surface area contributed by atoms with Gasteiger partial charge >= 0.3 is 0 Å². The minimum Gasteiger partial charge on any atom is -0.497 e. The van der Waals surface area contributed by atoms with Gasteiger partial charge in [-0.1, -0.05) is 38.3 Å². The molecule has 3 nitrogen and oxygen atoms in total. The standard InChI is InChI=1S/C16H23NO2S/c1-3-4-5-6-10-17-15(18)12-20-16(17)13-8-7-9-14(11-13)19-2/h7-9,11,16H,3-6,10,12H2,1-2H3. The highest BCUT2D eigenvalue weighted by Gasteiger charge is 2.32. The number of nitrogens with zero attached hydrogens (tertiary/aromatic N) is 1. The van der Waals surface area contributed by atoms with E-state index in [9.17, 15) is 4.79 Å². The molecule has 1 aromatic carbocycles. The molecule has 1 unspecified atom stereocenters. The molecular formula is C16H23NO2S. The van der Waals surface area contributed by atoms with Crippen LogP contribution in [-0.2, 0) is 4.79 Å². The molecule has 1 amide bonds. The molecule has 1 aromatic rings. The molecule has 110 valence electrons. The van der Waals surface area contributed by atoms with E-state index in [1.807, 2.05) is 23.1 Å². The Hall–Kier alpha value is -1.16. The van der Waals surface area contributed by atoms with Crippen molar-refractivity contribution in [2.45, 2.75) is 38.0 Å². The van der Waals surface area contributed by atoms with E-state index in [1.165, 1.54) is 19.3 Å². The quantitative estimate of drug-likeness (QED) is 0.715. The fraction of sp³-hybridized carbons (Fsp3) is 0.562. The summed E-state index contributed by atoms with van der Waals surface area (Å²) in [6.07, 6.45) is 4.78. The Labute approximate surface area is 125 Å². The van der Waals surface area contributed by atoms with Crippen LogP contribution in [0.4, 0.5) is 0 Å². The highest BCUT2D eigenvalue weighted by atomic mass is 32.2. The first-order chi connectivity index (χ1) is 9.76. The van der Waals surface area contributed by atoms with Gasteiger partial charge < -0.3 is 9.64 Å². The van der Waals surface area contributed by atoms with Crippen molar-refractivity contribution in [1.82, 2.24) is 4.90 Å². The highest BCUT2D eigenvalue weighted by Crippen LogP contribution is 2.39. The Bertz CT molecular complexity index is 450. The van der Waals surface area contributed by atoms with E-state index in [1.54, 1.807) is 18.9 Å². The third kappa shape index (κ3) is 3.69. The average molecular weight is 293 g/mol. The molecule has 0 radical (unpaired) electrons. The smallest absolute Gasteiger partial charge is 0.233 e. The molecule has 0 spiro atoms. The van der Waals surface area contributed by atoms with E-state index in [0.29, 0.717) is 5.75 Å². The van der Waals surface area contributed by atoms with Crippen molar-refractivity contribution in [1.29, 1.82) is 0 Å². The van der Waals surface area contributed by atoms with E-state index in [2.05, 4.69) is 13.0 Å². The Balaban J connectivity index is 2.02. The van der Waals surface area contributed by atoms with E-state index >= 15 is 0 Å². The number of rotatable bonds is 7. The van der Waals surface area contributed by atoms with Gasteiger partial charge in [0, 0.05) is 6.54 Å². The van der Waals surface area contributed by atoms with Crippen LogP contribution in [-0.4, -0.2) is 30.2 Å². The van der Waals surface area contributed by atoms with Gasteiger partial charge in [0.15, 0.2) is 0 Å². The normalized spacial score (nSPS) is 18.6. The zero-order chi connectivity index (χ0) is 14.4. The summed E-state index contributed by atoms with van der Waals surface area (Å²) >= 11 is 1.72. The van der Waals surface area contributed by atoms with Crippen molar-refractivity contribution < 1.29 is 9.53 Å². The van der Waals surface area contributed by atoms with E-state index < -0.39 is 0 Å². The Morgan fingerprint density at radius 2 is 2.20 bits per heavy atom. The average Bonchev–Trinajstić information content (AvgIpc) is 2.85. The SMILES string of the molecule is CCCCCCN1C(=O)CSC1c1cccc(OC)c1. The molecule has 0 saturated carbocycles. The molecule has 0 aromatic heterocycles. The lowest BCUT2D eigenvalue weighted by molar-refractivity contribution is -0.128. The van der Waals surface area contributed by atoms with Crippen LogP contribution < -0.4 is 4.74 Å². The second-order valence-corrected chi connectivity index (χ2v) is 6.16. The van der Waals surface area contributed by atoms with Crippen molar-refractivity contribution in [3.05, 3.63) is 29.8 Å². The summed E-state index contributed by atoms with van der Waals surface area (Å²) < 4.78 is 5.28. The number of unbranched alkanes of at least 4 members (excludes halogenated alkanes) is 3. The van der Waals surface area contributed by atoms with Crippen LogP contribution in [0.5, 0.6) is 5.75 Å². The molecule has 20 heavy (non-hydrogen) atoms. The van der Waals surface area contributed by atoms with Crippen molar-refractivity contribution in [2.75, 3.05) is 19.4 Å². The third-order valence-electron chi connectivity index (χ3n) is 3.60. The van der Waals surface area contributed by atoms with E-state index in [4.69, 9.17) is 4.74 Å². The fourth-order valence-corrected chi connectivity index (χ4v) is 3.68. The molecule has 1 atom stereocenters. The number of carbonyl (C=O) groups excluding carboxylic acids is 1. The first-order valence-electron chi connectivity index (χ1n) is 7.31. The zero-order valence-corrected chi connectivity index (χ0v) is 13.1. The minimum atomic E-state index is 0.152. The maximum Gasteiger partial charge on any atom is 0.233 e. The van der Waals surface area contributed by atoms with Crippen LogP contribution >= 0.6 is 11.8 Å². The summed E-state index contributed by atoms with van der Waals surface area (Å²) in [6, 6.07) is 8.05. The topological polar surface area (TPSA) is 29.5 Å². The third-order valence-corrected chi connectivity index (χ3v) is 4.86. The van der Waals surface area contributed by atoms with E-state index in [-0.39, 0.29) is 11.3 Å². The first-order valence-corrected chi connectivity index (χ1v) is 8.36. The summed E-state index contributed by atoms with van der Waals surface area (Å²) in [5.74, 6) is 1.71. The summed E-state index contributed by atoms with van der Waals surface area (Å²) in [7, 11) is 1.68. The molecule has 0 aliphatic carbocycles. The highest BCUT2D eigenvalue weighted by molar-refractivity contribution is 8.00. The van der Waals surface area contributed by atoms with Crippen molar-refractivity contribution in [3.63, 3.8) is 0 Å². The number of ether oxygens (including phenoxy) is 1. The van der Waals surface area contributed by atoms with E-state index in [0.717, 1.165) is 24.3 Å². The molecule has 2 rings (SSSR count). The van der Waals surface area contributed by atoms with Crippen LogP contribution in [0, 0.1) is 0 Å². The van der Waals surface area contributed by atoms with Crippen LogP contribution in [0.2, 0.25) is 0 Å². The van der Waals surface area contributed by atoms with Crippen molar-refractivity contribution >= 4 is 17.7 Å². The summed E-state index contributed by atoms with van der Waals surface area (Å²) in [5, 5.41) is 0.152. The second-order valence-electron chi connectivity index (χ2n) is 5.09. The number of carbonyl (C=O) groups is 1. The second kappa shape index (κ2) is 7.58. The molecular weight excluding hydrogens is 270 g/mol. The van der Waals surface area contributed by atoms with Gasteiger partial charge in [0.05, 0.1) is 12.9 Å². The largest absolute Gasteiger partial charge is 0.497 e. The molecule has 4 heteroatoms. The number of amides is 1. The molecule has 1 aliphatic heterocycles. The van der Waals surface area contributed by atoms with Gasteiger partial charge in [-0.25, -0.2) is 0 Å². The first kappa shape index (κ1) is 15.2. The number of hydrogen-bond donors (Lipinski definition) is 0. The maximum absolute atomic E-state index is 12.1. The molecule has 1 aliphatic rings. The lowest BCUT2D eigenvalue weighted by Crippen LogP contribution is -2.29. The molecule has 0 N–H and O–H groups in total. The summed E-state index contributed by atoms with van der Waals surface area (Å²) in [4.78, 5) is 14.1. The van der Waals surface area contributed by atoms with Gasteiger partial charge in [-0.2, -0.15) is 0 Å². The molecule has 0 bridgehead atoms. The Morgan fingerprint density at radius 1 is 1.35 bits per heavy atom. The zero-order valence-electron chi connectivity index (χ0n) is 12.3. The van der Waals surface area contributed by atoms with Crippen molar-refractivity contribution in [3.8, 4) is 5.75 Å². The van der Waals surface area contributed by atoms with Gasteiger partial charge in [0.2, 0.25) is 5.91 Å². The lowest BCUT2D eigenvalue weighted by Gasteiger charge is -2.24. The van der Waals surface area contributed by atoms with Gasteiger partial charge in [0.1, 0.15) is 11.1 Å². The predicted octanol–water partition coefficient (Wildman–Crippen LogP) is 3.85. The number of benzene rings is 1. The van der Waals surface area contributed by atoms with Crippen LogP contribution in [0.3, 0.4) is 0 Å². The molecule has 1 saturated heterocycles. The van der Waals surface area contributed by atoms with Crippen LogP contribution in [0.25, 0.3) is 0 Å². The van der Waals surface area contributed by atoms with Gasteiger partial charge in [0.25, 0.3) is 0 Å². The summed E-state index contributed by atoms with van der Waals surface area (Å²) in [6.45, 7) is 3.07. The fourth-order valence-electron chi connectivity index (χ4n) is 2.48. The minimum absolute atomic E-state index is 0.152. The number of hydrogen-bond acceptors (Lipinski definition) is 3. The Morgan fingerprint density at radius 3 is 2.95 bits per heavy atom. The van der Waals surface area contributed by atoms with Crippen LogP contribution in [0.1, 0.15) is 43.5 Å². The molecule has 1 fully saturated rings. The number of methoxy groups -OCH3 is 1. The monoisotopic (exact) mass is 293 g/mol. The maximum atomic E-state index is 12.1. The van der Waals surface area contributed by atoms with Crippen molar-refractivity contribution in [2.24, 2.45) is 0 Å².